The molecule has 0 aromatic heterocycles. The van der Waals surface area contributed by atoms with Crippen LogP contribution in [0, 0.1) is 5.92 Å². The first-order chi connectivity index (χ1) is 16.7. The molecule has 0 saturated carbocycles. The molecular weight excluding hydrogens is 426 g/mol. The van der Waals surface area contributed by atoms with Crippen molar-refractivity contribution in [2.75, 3.05) is 38.0 Å². The maximum absolute atomic E-state index is 13.2. The van der Waals surface area contributed by atoms with Crippen LogP contribution < -0.4 is 10.1 Å². The first kappa shape index (κ1) is 22.9. The highest BCUT2D eigenvalue weighted by molar-refractivity contribution is 5.98. The number of ether oxygens (including phenoxy) is 1. The Hall–Kier alpha value is -2.86. The van der Waals surface area contributed by atoms with Gasteiger partial charge in [0.2, 0.25) is 0 Å². The summed E-state index contributed by atoms with van der Waals surface area (Å²) in [7, 11) is 0. The molecular formula is C28H35N3O3. The molecule has 1 N–H and O–H groups in total. The highest BCUT2D eigenvalue weighted by Gasteiger charge is 2.29. The average Bonchev–Trinajstić information content (AvgIpc) is 3.15. The molecule has 3 aliphatic rings. The molecule has 3 heterocycles. The molecule has 5 rings (SSSR count). The maximum atomic E-state index is 13.2. The summed E-state index contributed by atoms with van der Waals surface area (Å²) >= 11 is 0. The third-order valence-electron chi connectivity index (χ3n) is 7.43. The highest BCUT2D eigenvalue weighted by atomic mass is 16.5. The second-order valence-electron chi connectivity index (χ2n) is 9.94. The predicted octanol–water partition coefficient (Wildman–Crippen LogP) is 4.36. The molecule has 2 fully saturated rings. The Morgan fingerprint density at radius 1 is 0.912 bits per heavy atom. The number of benzene rings is 2. The summed E-state index contributed by atoms with van der Waals surface area (Å²) in [5, 5.41) is 2.93. The van der Waals surface area contributed by atoms with Gasteiger partial charge in [-0.05, 0) is 74.5 Å². The average molecular weight is 462 g/mol. The van der Waals surface area contributed by atoms with Gasteiger partial charge in [0.25, 0.3) is 11.8 Å². The second kappa shape index (κ2) is 10.6. The van der Waals surface area contributed by atoms with Crippen molar-refractivity contribution in [3.8, 4) is 5.75 Å². The van der Waals surface area contributed by atoms with E-state index in [4.69, 9.17) is 4.74 Å². The van der Waals surface area contributed by atoms with Crippen LogP contribution in [0.15, 0.2) is 48.5 Å². The lowest BCUT2D eigenvalue weighted by atomic mass is 9.95. The number of nitrogens with one attached hydrogen (secondary N) is 1. The predicted molar refractivity (Wildman–Crippen MR) is 133 cm³/mol. The van der Waals surface area contributed by atoms with Gasteiger partial charge in [0.15, 0.2) is 6.10 Å². The van der Waals surface area contributed by atoms with Gasteiger partial charge in [0, 0.05) is 37.3 Å². The van der Waals surface area contributed by atoms with Gasteiger partial charge in [-0.3, -0.25) is 9.59 Å². The number of hydrogen-bond acceptors (Lipinski definition) is 4. The Bertz CT molecular complexity index is 982. The summed E-state index contributed by atoms with van der Waals surface area (Å²) < 4.78 is 5.79. The Morgan fingerprint density at radius 3 is 2.44 bits per heavy atom. The SMILES string of the molecule is O=C(Nc1cccc(C(=O)N2CCC(CN3CCCCCC3)CC2)c1)C1Cc2ccccc2O1. The Morgan fingerprint density at radius 2 is 1.68 bits per heavy atom. The Balaban J connectivity index is 1.13. The van der Waals surface area contributed by atoms with E-state index in [1.165, 1.54) is 45.3 Å². The van der Waals surface area contributed by atoms with Crippen LogP contribution in [0.4, 0.5) is 5.69 Å². The monoisotopic (exact) mass is 461 g/mol. The van der Waals surface area contributed by atoms with E-state index in [1.54, 1.807) is 6.07 Å². The number of nitrogens with zero attached hydrogens (tertiary/aromatic N) is 2. The minimum absolute atomic E-state index is 0.0499. The van der Waals surface area contributed by atoms with Crippen LogP contribution in [0.5, 0.6) is 5.75 Å². The fourth-order valence-corrected chi connectivity index (χ4v) is 5.47. The molecule has 0 radical (unpaired) electrons. The van der Waals surface area contributed by atoms with Gasteiger partial charge in [-0.1, -0.05) is 37.1 Å². The van der Waals surface area contributed by atoms with Crippen LogP contribution >= 0.6 is 0 Å². The Labute approximate surface area is 202 Å². The molecule has 3 aliphatic heterocycles. The van der Waals surface area contributed by atoms with Crippen LogP contribution in [0.3, 0.4) is 0 Å². The first-order valence-electron chi connectivity index (χ1n) is 12.8. The molecule has 34 heavy (non-hydrogen) atoms. The molecule has 6 nitrogen and oxygen atoms in total. The number of para-hydroxylation sites is 1. The summed E-state index contributed by atoms with van der Waals surface area (Å²) in [5.74, 6) is 1.32. The highest BCUT2D eigenvalue weighted by Crippen LogP contribution is 2.29. The molecule has 1 unspecified atom stereocenters. The van der Waals surface area contributed by atoms with Crippen LogP contribution in [-0.2, 0) is 11.2 Å². The number of carbonyl (C=O) groups excluding carboxylic acids is 2. The first-order valence-corrected chi connectivity index (χ1v) is 12.8. The standard InChI is InChI=1S/C28H35N3O3/c32-27(26-19-22-8-3-4-11-25(22)34-26)29-24-10-7-9-23(18-24)28(33)31-16-12-21(13-17-31)20-30-14-5-1-2-6-15-30/h3-4,7-11,18,21,26H,1-2,5-6,12-17,19-20H2,(H,29,32). The van der Waals surface area contributed by atoms with E-state index in [-0.39, 0.29) is 11.8 Å². The lowest BCUT2D eigenvalue weighted by Gasteiger charge is -2.34. The number of fused-ring (bicyclic) bond motifs is 1. The molecule has 2 amide bonds. The maximum Gasteiger partial charge on any atom is 0.265 e. The largest absolute Gasteiger partial charge is 0.480 e. The zero-order valence-corrected chi connectivity index (χ0v) is 19.9. The van der Waals surface area contributed by atoms with Gasteiger partial charge in [0.1, 0.15) is 5.75 Å². The van der Waals surface area contributed by atoms with E-state index in [0.29, 0.717) is 23.6 Å². The molecule has 2 aromatic rings. The molecule has 180 valence electrons. The van der Waals surface area contributed by atoms with E-state index in [1.807, 2.05) is 47.4 Å². The van der Waals surface area contributed by atoms with Crippen molar-refractivity contribution in [2.45, 2.75) is 51.0 Å². The fraction of sp³-hybridized carbons (Fsp3) is 0.500. The van der Waals surface area contributed by atoms with E-state index in [2.05, 4.69) is 10.2 Å². The van der Waals surface area contributed by atoms with Crippen molar-refractivity contribution in [3.63, 3.8) is 0 Å². The van der Waals surface area contributed by atoms with E-state index < -0.39 is 6.10 Å². The van der Waals surface area contributed by atoms with Gasteiger partial charge in [0.05, 0.1) is 0 Å². The van der Waals surface area contributed by atoms with Crippen molar-refractivity contribution < 1.29 is 14.3 Å². The fourth-order valence-electron chi connectivity index (χ4n) is 5.47. The quantitative estimate of drug-likeness (QED) is 0.719. The minimum atomic E-state index is -0.542. The van der Waals surface area contributed by atoms with Crippen molar-refractivity contribution in [1.82, 2.24) is 9.80 Å². The molecule has 6 heteroatoms. The number of hydrogen-bond donors (Lipinski definition) is 1. The van der Waals surface area contributed by atoms with Crippen molar-refractivity contribution in [2.24, 2.45) is 5.92 Å². The van der Waals surface area contributed by atoms with Gasteiger partial charge >= 0.3 is 0 Å². The summed E-state index contributed by atoms with van der Waals surface area (Å²) in [6, 6.07) is 15.0. The van der Waals surface area contributed by atoms with Crippen molar-refractivity contribution in [3.05, 3.63) is 59.7 Å². The molecule has 2 saturated heterocycles. The summed E-state index contributed by atoms with van der Waals surface area (Å²) in [6.45, 7) is 5.26. The summed E-state index contributed by atoms with van der Waals surface area (Å²) in [5.41, 5.74) is 2.30. The topological polar surface area (TPSA) is 61.9 Å². The number of rotatable bonds is 5. The second-order valence-corrected chi connectivity index (χ2v) is 9.94. The lowest BCUT2D eigenvalue weighted by molar-refractivity contribution is -0.122. The van der Waals surface area contributed by atoms with Crippen LogP contribution in [-0.4, -0.2) is 60.4 Å². The third kappa shape index (κ3) is 5.44. The summed E-state index contributed by atoms with van der Waals surface area (Å²) in [4.78, 5) is 30.5. The lowest BCUT2D eigenvalue weighted by Crippen LogP contribution is -2.41. The van der Waals surface area contributed by atoms with Gasteiger partial charge in [-0.2, -0.15) is 0 Å². The minimum Gasteiger partial charge on any atom is -0.480 e. The van der Waals surface area contributed by atoms with E-state index in [0.717, 1.165) is 37.2 Å². The molecule has 0 spiro atoms. The third-order valence-corrected chi connectivity index (χ3v) is 7.43. The summed E-state index contributed by atoms with van der Waals surface area (Å²) in [6.07, 6.45) is 7.53. The van der Waals surface area contributed by atoms with Gasteiger partial charge in [-0.15, -0.1) is 0 Å². The smallest absolute Gasteiger partial charge is 0.265 e. The zero-order chi connectivity index (χ0) is 23.3. The van der Waals surface area contributed by atoms with E-state index in [9.17, 15) is 9.59 Å². The number of anilines is 1. The normalized spacial score (nSPS) is 21.4. The Kier molecular flexibility index (Phi) is 7.14. The number of amides is 2. The van der Waals surface area contributed by atoms with Gasteiger partial charge in [-0.25, -0.2) is 0 Å². The number of likely N-dealkylation sites (tertiary alicyclic amines) is 2. The molecule has 0 bridgehead atoms. The van der Waals surface area contributed by atoms with E-state index >= 15 is 0 Å². The van der Waals surface area contributed by atoms with Crippen LogP contribution in [0.2, 0.25) is 0 Å². The van der Waals surface area contributed by atoms with Gasteiger partial charge < -0.3 is 19.9 Å². The van der Waals surface area contributed by atoms with Crippen LogP contribution in [0.25, 0.3) is 0 Å². The molecule has 1 atom stereocenters. The zero-order valence-electron chi connectivity index (χ0n) is 19.9. The molecule has 2 aromatic carbocycles. The van der Waals surface area contributed by atoms with Crippen molar-refractivity contribution >= 4 is 17.5 Å². The number of carbonyl (C=O) groups is 2. The number of piperidine rings is 1. The molecule has 0 aliphatic carbocycles. The van der Waals surface area contributed by atoms with Crippen LogP contribution in [0.1, 0.15) is 54.4 Å². The van der Waals surface area contributed by atoms with Crippen molar-refractivity contribution in [1.29, 1.82) is 0 Å².